The molecule has 1 aliphatic heterocycles. The second-order valence-electron chi connectivity index (χ2n) is 8.38. The van der Waals surface area contributed by atoms with Crippen LogP contribution in [0, 0.1) is 5.82 Å². The molecule has 0 bridgehead atoms. The zero-order valence-corrected chi connectivity index (χ0v) is 17.5. The standard InChI is InChI=1S/C22H33FN4O2/c1-2-27(20-9-4-3-5-10-20)22(29)17-26-13-11-25(12-14-26)16-21(28)24-19-8-6-7-18(23)15-19/h6-8,15,20H,2-5,9-14,16-17H2,1H3,(H,24,28)/p+2. The van der Waals surface area contributed by atoms with Gasteiger partial charge in [0.15, 0.2) is 13.1 Å². The summed E-state index contributed by atoms with van der Waals surface area (Å²) >= 11 is 0. The summed E-state index contributed by atoms with van der Waals surface area (Å²) in [5.74, 6) is -0.173. The van der Waals surface area contributed by atoms with E-state index in [0.717, 1.165) is 45.6 Å². The fraction of sp³-hybridized carbons (Fsp3) is 0.636. The maximum atomic E-state index is 13.2. The number of piperazine rings is 1. The largest absolute Gasteiger partial charge is 0.335 e. The first-order chi connectivity index (χ1) is 14.0. The first-order valence-corrected chi connectivity index (χ1v) is 11.1. The van der Waals surface area contributed by atoms with Gasteiger partial charge in [0.05, 0.1) is 0 Å². The zero-order chi connectivity index (χ0) is 20.6. The van der Waals surface area contributed by atoms with Crippen LogP contribution < -0.4 is 15.1 Å². The van der Waals surface area contributed by atoms with E-state index in [1.807, 2.05) is 0 Å². The molecule has 6 nitrogen and oxygen atoms in total. The fourth-order valence-electron chi connectivity index (χ4n) is 4.66. The van der Waals surface area contributed by atoms with Crippen LogP contribution in [0.4, 0.5) is 10.1 Å². The van der Waals surface area contributed by atoms with Gasteiger partial charge in [0.1, 0.15) is 32.0 Å². The van der Waals surface area contributed by atoms with Crippen LogP contribution in [-0.2, 0) is 9.59 Å². The molecule has 1 aromatic rings. The van der Waals surface area contributed by atoms with Gasteiger partial charge in [-0.25, -0.2) is 4.39 Å². The Balaban J connectivity index is 1.40. The topological polar surface area (TPSA) is 58.3 Å². The predicted octanol–water partition coefficient (Wildman–Crippen LogP) is -0.271. The Labute approximate surface area is 173 Å². The van der Waals surface area contributed by atoms with E-state index in [-0.39, 0.29) is 17.6 Å². The van der Waals surface area contributed by atoms with Crippen molar-refractivity contribution in [2.45, 2.75) is 45.1 Å². The third-order valence-corrected chi connectivity index (χ3v) is 6.26. The minimum Gasteiger partial charge on any atom is -0.335 e. The first-order valence-electron chi connectivity index (χ1n) is 11.1. The molecule has 7 heteroatoms. The number of hydrogen-bond donors (Lipinski definition) is 3. The normalized spacial score (nSPS) is 22.8. The van der Waals surface area contributed by atoms with Crippen LogP contribution in [0.25, 0.3) is 0 Å². The molecule has 0 unspecified atom stereocenters. The molecular weight excluding hydrogens is 371 g/mol. The van der Waals surface area contributed by atoms with Crippen molar-refractivity contribution in [3.8, 4) is 0 Å². The average Bonchev–Trinajstić information content (AvgIpc) is 2.71. The van der Waals surface area contributed by atoms with Gasteiger partial charge in [-0.3, -0.25) is 9.59 Å². The molecule has 3 rings (SSSR count). The molecule has 3 N–H and O–H groups in total. The number of hydrogen-bond acceptors (Lipinski definition) is 2. The molecule has 1 aliphatic carbocycles. The Kier molecular flexibility index (Phi) is 8.00. The number of nitrogens with zero attached hydrogens (tertiary/aromatic N) is 1. The molecule has 1 saturated carbocycles. The van der Waals surface area contributed by atoms with Gasteiger partial charge >= 0.3 is 0 Å². The third kappa shape index (κ3) is 6.51. The molecule has 0 spiro atoms. The van der Waals surface area contributed by atoms with Crippen molar-refractivity contribution >= 4 is 17.5 Å². The van der Waals surface area contributed by atoms with Crippen LogP contribution in [0.1, 0.15) is 39.0 Å². The second kappa shape index (κ2) is 10.7. The molecular formula is C22H35FN4O2+2. The van der Waals surface area contributed by atoms with Gasteiger partial charge in [0.25, 0.3) is 11.8 Å². The minimum absolute atomic E-state index is 0.0976. The van der Waals surface area contributed by atoms with E-state index in [9.17, 15) is 14.0 Å². The summed E-state index contributed by atoms with van der Waals surface area (Å²) in [6, 6.07) is 6.39. The lowest BCUT2D eigenvalue weighted by atomic mass is 9.94. The monoisotopic (exact) mass is 406 g/mol. The molecule has 29 heavy (non-hydrogen) atoms. The van der Waals surface area contributed by atoms with Crippen molar-refractivity contribution in [2.24, 2.45) is 0 Å². The Morgan fingerprint density at radius 2 is 1.72 bits per heavy atom. The Bertz CT molecular complexity index is 685. The number of carbonyl (C=O) groups is 2. The van der Waals surface area contributed by atoms with Gasteiger partial charge in [0, 0.05) is 18.3 Å². The van der Waals surface area contributed by atoms with Gasteiger partial charge in [-0.2, -0.15) is 0 Å². The van der Waals surface area contributed by atoms with Crippen molar-refractivity contribution in [3.05, 3.63) is 30.1 Å². The highest BCUT2D eigenvalue weighted by Crippen LogP contribution is 2.22. The summed E-state index contributed by atoms with van der Waals surface area (Å²) in [6.45, 7) is 7.36. The Morgan fingerprint density at radius 1 is 1.07 bits per heavy atom. The zero-order valence-electron chi connectivity index (χ0n) is 17.5. The average molecular weight is 407 g/mol. The minimum atomic E-state index is -0.355. The van der Waals surface area contributed by atoms with E-state index >= 15 is 0 Å². The number of quaternary nitrogens is 2. The summed E-state index contributed by atoms with van der Waals surface area (Å²) in [5, 5.41) is 2.76. The predicted molar refractivity (Wildman–Crippen MR) is 110 cm³/mol. The molecule has 0 radical (unpaired) electrons. The maximum Gasteiger partial charge on any atom is 0.279 e. The molecule has 1 heterocycles. The molecule has 1 aromatic carbocycles. The van der Waals surface area contributed by atoms with Crippen LogP contribution in [0.15, 0.2) is 24.3 Å². The van der Waals surface area contributed by atoms with Gasteiger partial charge in [0.2, 0.25) is 0 Å². The summed E-state index contributed by atoms with van der Waals surface area (Å²) in [4.78, 5) is 29.7. The first kappa shape index (κ1) is 21.7. The Morgan fingerprint density at radius 3 is 2.34 bits per heavy atom. The number of nitrogens with one attached hydrogen (secondary N) is 3. The lowest BCUT2D eigenvalue weighted by Crippen LogP contribution is -3.28. The number of benzene rings is 1. The molecule has 2 aliphatic rings. The molecule has 2 amide bonds. The summed E-state index contributed by atoms with van der Waals surface area (Å²) < 4.78 is 13.2. The lowest BCUT2D eigenvalue weighted by molar-refractivity contribution is -1.00. The van der Waals surface area contributed by atoms with E-state index in [4.69, 9.17) is 0 Å². The van der Waals surface area contributed by atoms with Crippen molar-refractivity contribution in [1.82, 2.24) is 4.90 Å². The van der Waals surface area contributed by atoms with Crippen LogP contribution in [-0.4, -0.2) is 68.6 Å². The SMILES string of the molecule is CCN(C(=O)C[NH+]1CC[NH+](CC(=O)Nc2cccc(F)c2)CC1)C1CCCCC1. The quantitative estimate of drug-likeness (QED) is 0.584. The number of anilines is 1. The summed E-state index contributed by atoms with van der Waals surface area (Å²) in [6.07, 6.45) is 6.06. The van der Waals surface area contributed by atoms with E-state index in [1.165, 1.54) is 41.2 Å². The molecule has 160 valence electrons. The molecule has 1 saturated heterocycles. The van der Waals surface area contributed by atoms with E-state index in [2.05, 4.69) is 17.1 Å². The number of amides is 2. The highest BCUT2D eigenvalue weighted by molar-refractivity contribution is 5.91. The summed E-state index contributed by atoms with van der Waals surface area (Å²) in [5.41, 5.74) is 0.492. The smallest absolute Gasteiger partial charge is 0.279 e. The highest BCUT2D eigenvalue weighted by atomic mass is 19.1. The number of rotatable bonds is 7. The van der Waals surface area contributed by atoms with E-state index in [1.54, 1.807) is 12.1 Å². The van der Waals surface area contributed by atoms with Crippen molar-refractivity contribution in [2.75, 3.05) is 51.1 Å². The van der Waals surface area contributed by atoms with Crippen LogP contribution >= 0.6 is 0 Å². The Hall–Kier alpha value is -1.99. The molecule has 2 fully saturated rings. The van der Waals surface area contributed by atoms with Gasteiger partial charge in [-0.15, -0.1) is 0 Å². The van der Waals surface area contributed by atoms with Crippen molar-refractivity contribution in [1.29, 1.82) is 0 Å². The molecule has 0 atom stereocenters. The van der Waals surface area contributed by atoms with Gasteiger partial charge < -0.3 is 20.0 Å². The fourth-order valence-corrected chi connectivity index (χ4v) is 4.66. The number of halogens is 1. The van der Waals surface area contributed by atoms with Crippen molar-refractivity contribution < 1.29 is 23.8 Å². The lowest BCUT2D eigenvalue weighted by Gasteiger charge is -2.35. The van der Waals surface area contributed by atoms with Gasteiger partial charge in [-0.1, -0.05) is 25.3 Å². The molecule has 0 aromatic heterocycles. The maximum absolute atomic E-state index is 13.2. The van der Waals surface area contributed by atoms with Crippen LogP contribution in [0.2, 0.25) is 0 Å². The summed E-state index contributed by atoms with van der Waals surface area (Å²) in [7, 11) is 0. The highest BCUT2D eigenvalue weighted by Gasteiger charge is 2.30. The number of carbonyl (C=O) groups excluding carboxylic acids is 2. The van der Waals surface area contributed by atoms with E-state index in [0.29, 0.717) is 24.8 Å². The van der Waals surface area contributed by atoms with Crippen LogP contribution in [0.3, 0.4) is 0 Å². The van der Waals surface area contributed by atoms with Crippen LogP contribution in [0.5, 0.6) is 0 Å². The second-order valence-corrected chi connectivity index (χ2v) is 8.38. The number of likely N-dealkylation sites (N-methyl/N-ethyl adjacent to an activating group) is 1. The van der Waals surface area contributed by atoms with E-state index < -0.39 is 0 Å². The van der Waals surface area contributed by atoms with Gasteiger partial charge in [-0.05, 0) is 38.0 Å². The third-order valence-electron chi connectivity index (χ3n) is 6.26. The van der Waals surface area contributed by atoms with Crippen molar-refractivity contribution in [3.63, 3.8) is 0 Å².